The first-order chi connectivity index (χ1) is 9.96. The van der Waals surface area contributed by atoms with Gasteiger partial charge in [-0.1, -0.05) is 0 Å². The van der Waals surface area contributed by atoms with Gasteiger partial charge in [-0.05, 0) is 24.6 Å². The molecule has 3 aromatic heterocycles. The molecule has 108 valence electrons. The molecule has 0 aliphatic carbocycles. The second-order valence-corrected chi connectivity index (χ2v) is 6.57. The summed E-state index contributed by atoms with van der Waals surface area (Å²) in [6, 6.07) is 3.15. The molecular weight excluding hydrogens is 290 g/mol. The number of nitrogens with zero attached hydrogens (tertiary/aromatic N) is 5. The minimum atomic E-state index is -3.61. The summed E-state index contributed by atoms with van der Waals surface area (Å²) in [6.07, 6.45) is 9.50. The van der Waals surface area contributed by atoms with Gasteiger partial charge in [-0.15, -0.1) is 3.97 Å². The van der Waals surface area contributed by atoms with Gasteiger partial charge in [0.25, 0.3) is 6.33 Å². The summed E-state index contributed by atoms with van der Waals surface area (Å²) >= 11 is 0. The minimum absolute atomic E-state index is 0.131. The minimum Gasteiger partial charge on any atom is -0.239 e. The zero-order valence-electron chi connectivity index (χ0n) is 11.6. The van der Waals surface area contributed by atoms with E-state index < -0.39 is 10.0 Å². The molecule has 21 heavy (non-hydrogen) atoms. The molecule has 0 radical (unpaired) electrons. The fourth-order valence-corrected chi connectivity index (χ4v) is 3.05. The Morgan fingerprint density at radius 2 is 2.05 bits per heavy atom. The van der Waals surface area contributed by atoms with Crippen molar-refractivity contribution in [1.29, 1.82) is 0 Å². The highest BCUT2D eigenvalue weighted by atomic mass is 32.2. The maximum atomic E-state index is 12.4. The van der Waals surface area contributed by atoms with Crippen LogP contribution in [0.1, 0.15) is 5.56 Å². The summed E-state index contributed by atoms with van der Waals surface area (Å²) in [6.45, 7) is 1.92. The second kappa shape index (κ2) is 4.81. The average molecular weight is 304 g/mol. The molecule has 3 aromatic rings. The van der Waals surface area contributed by atoms with Gasteiger partial charge >= 0.3 is 10.0 Å². The maximum Gasteiger partial charge on any atom is 0.336 e. The normalized spacial score (nSPS) is 11.7. The molecule has 0 atom stereocenters. The molecule has 0 aromatic carbocycles. The van der Waals surface area contributed by atoms with Gasteiger partial charge in [-0.2, -0.15) is 13.5 Å². The molecular formula is C13H14N5O2S+. The Morgan fingerprint density at radius 3 is 2.57 bits per heavy atom. The van der Waals surface area contributed by atoms with E-state index in [0.29, 0.717) is 5.82 Å². The smallest absolute Gasteiger partial charge is 0.239 e. The van der Waals surface area contributed by atoms with Crippen molar-refractivity contribution in [3.63, 3.8) is 0 Å². The summed E-state index contributed by atoms with van der Waals surface area (Å²) in [7, 11) is -1.85. The van der Waals surface area contributed by atoms with Crippen LogP contribution in [0.5, 0.6) is 0 Å². The van der Waals surface area contributed by atoms with Crippen LogP contribution in [0, 0.1) is 6.92 Å². The SMILES string of the molecule is Cc1cnn(-c2ccc(S(=O)(=O)n3cc[n+](C)c3)cn2)c1. The Morgan fingerprint density at radius 1 is 1.24 bits per heavy atom. The van der Waals surface area contributed by atoms with Gasteiger partial charge in [-0.25, -0.2) is 14.2 Å². The molecule has 0 spiro atoms. The van der Waals surface area contributed by atoms with Crippen LogP contribution in [0.15, 0.2) is 54.3 Å². The van der Waals surface area contributed by atoms with Crippen LogP contribution in [0.3, 0.4) is 0 Å². The molecule has 0 saturated carbocycles. The van der Waals surface area contributed by atoms with E-state index in [-0.39, 0.29) is 4.90 Å². The largest absolute Gasteiger partial charge is 0.336 e. The van der Waals surface area contributed by atoms with E-state index in [2.05, 4.69) is 10.1 Å². The van der Waals surface area contributed by atoms with Crippen LogP contribution >= 0.6 is 0 Å². The Balaban J connectivity index is 1.97. The van der Waals surface area contributed by atoms with Crippen molar-refractivity contribution in [2.75, 3.05) is 0 Å². The predicted molar refractivity (Wildman–Crippen MR) is 74.3 cm³/mol. The molecule has 3 rings (SSSR count). The van der Waals surface area contributed by atoms with Gasteiger partial charge in [0.15, 0.2) is 5.82 Å². The number of aromatic nitrogens is 5. The standard InChI is InChI=1S/C13H14N5O2S/c1-11-7-15-18(9-11)13-4-3-12(8-14-13)21(19,20)17-6-5-16(2)10-17/h3-10H,1-2H3/q+1. The lowest BCUT2D eigenvalue weighted by Crippen LogP contribution is -2.25. The lowest BCUT2D eigenvalue weighted by Gasteiger charge is -2.02. The number of hydrogen-bond acceptors (Lipinski definition) is 4. The van der Waals surface area contributed by atoms with Gasteiger partial charge in [0.2, 0.25) is 0 Å². The number of pyridine rings is 1. The first-order valence-corrected chi connectivity index (χ1v) is 7.67. The Labute approximate surface area is 122 Å². The highest BCUT2D eigenvalue weighted by Gasteiger charge is 2.22. The summed E-state index contributed by atoms with van der Waals surface area (Å²) in [4.78, 5) is 4.29. The second-order valence-electron chi connectivity index (χ2n) is 4.73. The maximum absolute atomic E-state index is 12.4. The molecule has 0 fully saturated rings. The summed E-state index contributed by atoms with van der Waals surface area (Å²) in [5.41, 5.74) is 1.01. The monoisotopic (exact) mass is 304 g/mol. The van der Waals surface area contributed by atoms with E-state index in [0.717, 1.165) is 9.54 Å². The summed E-state index contributed by atoms with van der Waals surface area (Å²) < 4.78 is 29.2. The number of aryl methyl sites for hydroxylation is 2. The number of imidazole rings is 1. The molecule has 7 nitrogen and oxygen atoms in total. The third-order valence-electron chi connectivity index (χ3n) is 2.99. The lowest BCUT2D eigenvalue weighted by atomic mass is 10.4. The Bertz CT molecular complexity index is 877. The highest BCUT2D eigenvalue weighted by molar-refractivity contribution is 7.90. The molecule has 0 aliphatic heterocycles. The lowest BCUT2D eigenvalue weighted by molar-refractivity contribution is -0.670. The van der Waals surface area contributed by atoms with Crippen LogP contribution in [0.4, 0.5) is 0 Å². The zero-order chi connectivity index (χ0) is 15.0. The molecule has 0 saturated heterocycles. The van der Waals surface area contributed by atoms with E-state index in [9.17, 15) is 8.42 Å². The van der Waals surface area contributed by atoms with Crippen molar-refractivity contribution in [3.05, 3.63) is 55.0 Å². The zero-order valence-corrected chi connectivity index (χ0v) is 12.4. The van der Waals surface area contributed by atoms with Gasteiger partial charge in [0.1, 0.15) is 17.3 Å². The topological polar surface area (TPSA) is 73.7 Å². The third kappa shape index (κ3) is 2.45. The van der Waals surface area contributed by atoms with E-state index in [4.69, 9.17) is 0 Å². The van der Waals surface area contributed by atoms with E-state index in [1.165, 1.54) is 24.8 Å². The van der Waals surface area contributed by atoms with E-state index in [1.807, 2.05) is 13.1 Å². The molecule has 0 aliphatic rings. The molecule has 8 heteroatoms. The van der Waals surface area contributed by atoms with Gasteiger partial charge in [0.05, 0.1) is 19.4 Å². The first-order valence-electron chi connectivity index (χ1n) is 6.23. The van der Waals surface area contributed by atoms with Crippen molar-refractivity contribution in [2.24, 2.45) is 7.05 Å². The first kappa shape index (κ1) is 13.5. The molecule has 0 amide bonds. The van der Waals surface area contributed by atoms with Crippen LogP contribution in [0.25, 0.3) is 5.82 Å². The van der Waals surface area contributed by atoms with Crippen LogP contribution < -0.4 is 4.57 Å². The third-order valence-corrected chi connectivity index (χ3v) is 4.60. The van der Waals surface area contributed by atoms with E-state index >= 15 is 0 Å². The van der Waals surface area contributed by atoms with E-state index in [1.54, 1.807) is 34.8 Å². The fourth-order valence-electron chi connectivity index (χ4n) is 1.89. The highest BCUT2D eigenvalue weighted by Crippen LogP contribution is 2.13. The summed E-state index contributed by atoms with van der Waals surface area (Å²) in [5, 5.41) is 4.14. The van der Waals surface area contributed by atoms with Crippen molar-refractivity contribution < 1.29 is 13.0 Å². The van der Waals surface area contributed by atoms with Crippen molar-refractivity contribution >= 4 is 10.0 Å². The number of hydrogen-bond donors (Lipinski definition) is 0. The van der Waals surface area contributed by atoms with Crippen molar-refractivity contribution in [3.8, 4) is 5.82 Å². The van der Waals surface area contributed by atoms with Crippen molar-refractivity contribution in [2.45, 2.75) is 11.8 Å². The average Bonchev–Trinajstić information content (AvgIpc) is 3.08. The van der Waals surface area contributed by atoms with Crippen LogP contribution in [-0.4, -0.2) is 27.2 Å². The number of rotatable bonds is 3. The predicted octanol–water partition coefficient (Wildman–Crippen LogP) is 0.439. The molecule has 0 bridgehead atoms. The van der Waals surface area contributed by atoms with Gasteiger partial charge in [0, 0.05) is 6.20 Å². The quantitative estimate of drug-likeness (QED) is 0.658. The summed E-state index contributed by atoms with van der Waals surface area (Å²) in [5.74, 6) is 0.570. The van der Waals surface area contributed by atoms with Gasteiger partial charge < -0.3 is 0 Å². The molecule has 0 unspecified atom stereocenters. The van der Waals surface area contributed by atoms with Crippen LogP contribution in [0.2, 0.25) is 0 Å². The van der Waals surface area contributed by atoms with Crippen LogP contribution in [-0.2, 0) is 17.1 Å². The Kier molecular flexibility index (Phi) is 3.09. The Hall–Kier alpha value is -2.48. The van der Waals surface area contributed by atoms with Crippen molar-refractivity contribution in [1.82, 2.24) is 18.7 Å². The molecule has 3 heterocycles. The molecule has 0 N–H and O–H groups in total. The van der Waals surface area contributed by atoms with Gasteiger partial charge in [-0.3, -0.25) is 0 Å². The fraction of sp³-hybridized carbons (Fsp3) is 0.154.